The first-order chi connectivity index (χ1) is 14.3. The van der Waals surface area contributed by atoms with Crippen LogP contribution in [0.2, 0.25) is 0 Å². The quantitative estimate of drug-likeness (QED) is 0.405. The lowest BCUT2D eigenvalue weighted by Gasteiger charge is -2.09. The zero-order valence-corrected chi connectivity index (χ0v) is 15.9. The molecule has 0 saturated carbocycles. The van der Waals surface area contributed by atoms with E-state index in [1.54, 1.807) is 6.20 Å². The van der Waals surface area contributed by atoms with Gasteiger partial charge in [-0.3, -0.25) is 4.98 Å². The van der Waals surface area contributed by atoms with Crippen molar-refractivity contribution >= 4 is 10.8 Å². The molecule has 2 heterocycles. The van der Waals surface area contributed by atoms with Crippen LogP contribution in [0, 0.1) is 6.92 Å². The van der Waals surface area contributed by atoms with Gasteiger partial charge < -0.3 is 0 Å². The summed E-state index contributed by atoms with van der Waals surface area (Å²) in [7, 11) is 0. The Morgan fingerprint density at radius 2 is 1.31 bits per heavy atom. The van der Waals surface area contributed by atoms with Gasteiger partial charge in [0.2, 0.25) is 0 Å². The van der Waals surface area contributed by atoms with E-state index in [0.717, 1.165) is 11.3 Å². The van der Waals surface area contributed by atoms with Crippen LogP contribution in [0.1, 0.15) is 5.82 Å². The van der Waals surface area contributed by atoms with Crippen LogP contribution in [0.3, 0.4) is 0 Å². The van der Waals surface area contributed by atoms with Gasteiger partial charge in [0.25, 0.3) is 0 Å². The molecule has 0 fully saturated rings. The molecule has 0 aliphatic heterocycles. The van der Waals surface area contributed by atoms with Crippen LogP contribution in [0.4, 0.5) is 0 Å². The van der Waals surface area contributed by atoms with Crippen molar-refractivity contribution < 1.29 is 0 Å². The van der Waals surface area contributed by atoms with Gasteiger partial charge in [-0.15, -0.1) is 0 Å². The molecule has 0 atom stereocenters. The molecule has 0 saturated heterocycles. The van der Waals surface area contributed by atoms with Crippen molar-refractivity contribution in [1.29, 1.82) is 0 Å². The molecule has 29 heavy (non-hydrogen) atoms. The fourth-order valence-electron chi connectivity index (χ4n) is 3.50. The normalized spacial score (nSPS) is 10.9. The average Bonchev–Trinajstić information content (AvgIpc) is 2.79. The Labute approximate surface area is 169 Å². The highest BCUT2D eigenvalue weighted by atomic mass is 15.0. The number of aromatic nitrogens is 4. The first kappa shape index (κ1) is 17.2. The maximum Gasteiger partial charge on any atom is 0.182 e. The number of aryl methyl sites for hydroxylation is 1. The largest absolute Gasteiger partial charge is 0.253 e. The Morgan fingerprint density at radius 1 is 0.586 bits per heavy atom. The average molecular weight is 374 g/mol. The standard InChI is InChI=1S/C25H18N4/c1-17-27-24(29-25(28-17)23-11-4-5-16-26-23)20-14-12-19(13-15-20)22-10-6-8-18-7-2-3-9-21(18)22/h2-16H,1H3. The van der Waals surface area contributed by atoms with Gasteiger partial charge in [-0.25, -0.2) is 15.0 Å². The van der Waals surface area contributed by atoms with Crippen LogP contribution in [0.25, 0.3) is 44.8 Å². The van der Waals surface area contributed by atoms with Gasteiger partial charge in [0.1, 0.15) is 11.5 Å². The third-order valence-corrected chi connectivity index (χ3v) is 4.88. The Balaban J connectivity index is 1.55. The van der Waals surface area contributed by atoms with E-state index in [9.17, 15) is 0 Å². The zero-order chi connectivity index (χ0) is 19.6. The summed E-state index contributed by atoms with van der Waals surface area (Å²) in [5.74, 6) is 1.92. The van der Waals surface area contributed by atoms with Gasteiger partial charge >= 0.3 is 0 Å². The monoisotopic (exact) mass is 374 g/mol. The zero-order valence-electron chi connectivity index (χ0n) is 15.9. The van der Waals surface area contributed by atoms with E-state index in [1.807, 2.05) is 25.1 Å². The lowest BCUT2D eigenvalue weighted by Crippen LogP contribution is -2.00. The van der Waals surface area contributed by atoms with Gasteiger partial charge in [-0.2, -0.15) is 0 Å². The SMILES string of the molecule is Cc1nc(-c2ccc(-c3cccc4ccccc34)cc2)nc(-c2ccccn2)n1. The van der Waals surface area contributed by atoms with Crippen molar-refractivity contribution in [2.75, 3.05) is 0 Å². The second kappa shape index (κ2) is 7.24. The molecular weight excluding hydrogens is 356 g/mol. The predicted octanol–water partition coefficient (Wildman–Crippen LogP) is 5.73. The highest BCUT2D eigenvalue weighted by molar-refractivity contribution is 5.96. The molecule has 0 amide bonds. The minimum atomic E-state index is 0.589. The summed E-state index contributed by atoms with van der Waals surface area (Å²) in [6.07, 6.45) is 1.74. The van der Waals surface area contributed by atoms with Crippen LogP contribution in [-0.4, -0.2) is 19.9 Å². The van der Waals surface area contributed by atoms with E-state index >= 15 is 0 Å². The molecule has 3 aromatic carbocycles. The Bertz CT molecular complexity index is 1290. The number of pyridine rings is 1. The first-order valence-corrected chi connectivity index (χ1v) is 9.50. The maximum atomic E-state index is 4.64. The van der Waals surface area contributed by atoms with Crippen molar-refractivity contribution in [1.82, 2.24) is 19.9 Å². The van der Waals surface area contributed by atoms with Gasteiger partial charge in [-0.05, 0) is 41.0 Å². The summed E-state index contributed by atoms with van der Waals surface area (Å²) in [5.41, 5.74) is 4.08. The summed E-state index contributed by atoms with van der Waals surface area (Å²) >= 11 is 0. The number of nitrogens with zero attached hydrogens (tertiary/aromatic N) is 4. The molecule has 0 unspecified atom stereocenters. The summed E-state index contributed by atoms with van der Waals surface area (Å²) in [6.45, 7) is 1.88. The Kier molecular flexibility index (Phi) is 4.30. The molecular formula is C25H18N4. The topological polar surface area (TPSA) is 51.6 Å². The van der Waals surface area contributed by atoms with E-state index < -0.39 is 0 Å². The molecule has 4 nitrogen and oxygen atoms in total. The van der Waals surface area contributed by atoms with E-state index in [4.69, 9.17) is 0 Å². The summed E-state index contributed by atoms with van der Waals surface area (Å²) in [6, 6.07) is 28.9. The fraction of sp³-hybridized carbons (Fsp3) is 0.0400. The van der Waals surface area contributed by atoms with Crippen molar-refractivity contribution in [3.63, 3.8) is 0 Å². The third kappa shape index (κ3) is 3.36. The third-order valence-electron chi connectivity index (χ3n) is 4.88. The first-order valence-electron chi connectivity index (χ1n) is 9.50. The van der Waals surface area contributed by atoms with Crippen LogP contribution in [0.15, 0.2) is 91.1 Å². The molecule has 0 aliphatic carbocycles. The number of hydrogen-bond acceptors (Lipinski definition) is 4. The van der Waals surface area contributed by atoms with Crippen LogP contribution < -0.4 is 0 Å². The summed E-state index contributed by atoms with van der Waals surface area (Å²) < 4.78 is 0. The van der Waals surface area contributed by atoms with Crippen molar-refractivity contribution in [2.24, 2.45) is 0 Å². The van der Waals surface area contributed by atoms with E-state index in [2.05, 4.69) is 86.7 Å². The molecule has 4 heteroatoms. The van der Waals surface area contributed by atoms with Crippen molar-refractivity contribution in [3.05, 3.63) is 97.0 Å². The lowest BCUT2D eigenvalue weighted by molar-refractivity contribution is 0.983. The number of benzene rings is 3. The number of rotatable bonds is 3. The fourth-order valence-corrected chi connectivity index (χ4v) is 3.50. The van der Waals surface area contributed by atoms with E-state index in [-0.39, 0.29) is 0 Å². The molecule has 5 rings (SSSR count). The molecule has 5 aromatic rings. The second-order valence-electron chi connectivity index (χ2n) is 6.85. The van der Waals surface area contributed by atoms with Gasteiger partial charge in [0.05, 0.1) is 0 Å². The molecule has 0 radical (unpaired) electrons. The molecule has 0 aliphatic rings. The summed E-state index contributed by atoms with van der Waals surface area (Å²) in [4.78, 5) is 18.0. The Hall–Kier alpha value is -3.92. The minimum absolute atomic E-state index is 0.589. The van der Waals surface area contributed by atoms with Crippen molar-refractivity contribution in [3.8, 4) is 34.0 Å². The van der Waals surface area contributed by atoms with Crippen LogP contribution >= 0.6 is 0 Å². The minimum Gasteiger partial charge on any atom is -0.253 e. The molecule has 0 bridgehead atoms. The summed E-state index contributed by atoms with van der Waals surface area (Å²) in [5, 5.41) is 2.48. The maximum absolute atomic E-state index is 4.64. The van der Waals surface area contributed by atoms with E-state index in [0.29, 0.717) is 17.5 Å². The number of hydrogen-bond donors (Lipinski definition) is 0. The highest BCUT2D eigenvalue weighted by Gasteiger charge is 2.10. The van der Waals surface area contributed by atoms with Crippen molar-refractivity contribution in [2.45, 2.75) is 6.92 Å². The molecule has 0 spiro atoms. The molecule has 138 valence electrons. The second-order valence-corrected chi connectivity index (χ2v) is 6.85. The van der Waals surface area contributed by atoms with E-state index in [1.165, 1.54) is 21.9 Å². The van der Waals surface area contributed by atoms with Gasteiger partial charge in [-0.1, -0.05) is 72.8 Å². The Morgan fingerprint density at radius 3 is 2.14 bits per heavy atom. The predicted molar refractivity (Wildman–Crippen MR) is 116 cm³/mol. The highest BCUT2D eigenvalue weighted by Crippen LogP contribution is 2.30. The van der Waals surface area contributed by atoms with Crippen LogP contribution in [-0.2, 0) is 0 Å². The molecule has 0 N–H and O–H groups in total. The molecule has 2 aromatic heterocycles. The smallest absolute Gasteiger partial charge is 0.182 e. The van der Waals surface area contributed by atoms with Crippen LogP contribution in [0.5, 0.6) is 0 Å². The lowest BCUT2D eigenvalue weighted by atomic mass is 9.97. The number of fused-ring (bicyclic) bond motifs is 1. The van der Waals surface area contributed by atoms with Gasteiger partial charge in [0, 0.05) is 11.8 Å². The van der Waals surface area contributed by atoms with Gasteiger partial charge in [0.15, 0.2) is 11.6 Å².